The van der Waals surface area contributed by atoms with Crippen molar-refractivity contribution in [1.29, 1.82) is 0 Å². The van der Waals surface area contributed by atoms with Crippen molar-refractivity contribution in [3.05, 3.63) is 72.3 Å². The van der Waals surface area contributed by atoms with Crippen molar-refractivity contribution in [2.24, 2.45) is 0 Å². The van der Waals surface area contributed by atoms with Crippen LogP contribution in [0.4, 0.5) is 0 Å². The van der Waals surface area contributed by atoms with Crippen LogP contribution >= 0.6 is 12.6 Å². The second-order valence-electron chi connectivity index (χ2n) is 7.59. The summed E-state index contributed by atoms with van der Waals surface area (Å²) in [5.41, 5.74) is 4.13. The lowest BCUT2D eigenvalue weighted by Crippen LogP contribution is -2.34. The summed E-state index contributed by atoms with van der Waals surface area (Å²) in [5, 5.41) is 11.9. The van der Waals surface area contributed by atoms with Crippen molar-refractivity contribution in [3.8, 4) is 28.4 Å². The number of methoxy groups -OCH3 is 2. The minimum atomic E-state index is -0.698. The number of carbonyl (C=O) groups excluding carboxylic acids is 1. The standard InChI is InChI=1S/C17H19NO.C9H11NO4S/c1-2-4-14(5-3-1)15-6-8-16(9-7-15)19-17-10-12-18-13-11-17;1-13-5-3-4-6(15)7(8(5)14-2)9(11)10-12/h1-9,17-18H,10-13H2;3-4,12,15H,1-2H3,(H,10,11). The molecule has 1 aliphatic rings. The number of rotatable bonds is 6. The lowest BCUT2D eigenvalue weighted by atomic mass is 10.1. The van der Waals surface area contributed by atoms with E-state index < -0.39 is 5.91 Å². The maximum Gasteiger partial charge on any atom is 0.279 e. The predicted molar refractivity (Wildman–Crippen MR) is 134 cm³/mol. The van der Waals surface area contributed by atoms with Gasteiger partial charge in [-0.2, -0.15) is 0 Å². The Bertz CT molecular complexity index is 1050. The van der Waals surface area contributed by atoms with E-state index in [-0.39, 0.29) is 11.3 Å². The Morgan fingerprint density at radius 3 is 2.18 bits per heavy atom. The third kappa shape index (κ3) is 6.66. The van der Waals surface area contributed by atoms with Crippen molar-refractivity contribution >= 4 is 18.5 Å². The Kier molecular flexibility index (Phi) is 9.63. The summed E-state index contributed by atoms with van der Waals surface area (Å²) in [5.74, 6) is 0.910. The largest absolute Gasteiger partial charge is 0.493 e. The number of ether oxygens (including phenoxy) is 3. The maximum atomic E-state index is 11.3. The Labute approximate surface area is 205 Å². The molecule has 0 unspecified atom stereocenters. The summed E-state index contributed by atoms with van der Waals surface area (Å²) in [4.78, 5) is 11.7. The molecule has 0 aliphatic carbocycles. The predicted octanol–water partition coefficient (Wildman–Crippen LogP) is 4.60. The van der Waals surface area contributed by atoms with Crippen molar-refractivity contribution in [1.82, 2.24) is 10.8 Å². The molecule has 4 rings (SSSR count). The van der Waals surface area contributed by atoms with E-state index in [1.54, 1.807) is 12.1 Å². The van der Waals surface area contributed by atoms with Crippen LogP contribution in [0.5, 0.6) is 17.2 Å². The zero-order valence-electron chi connectivity index (χ0n) is 19.3. The van der Waals surface area contributed by atoms with Crippen LogP contribution in [0, 0.1) is 0 Å². The van der Waals surface area contributed by atoms with Crippen LogP contribution in [0.2, 0.25) is 0 Å². The average molecular weight is 483 g/mol. The Morgan fingerprint density at radius 1 is 0.941 bits per heavy atom. The van der Waals surface area contributed by atoms with Gasteiger partial charge in [0.15, 0.2) is 11.5 Å². The van der Waals surface area contributed by atoms with Gasteiger partial charge in [0.2, 0.25) is 0 Å². The third-order valence-corrected chi connectivity index (χ3v) is 5.78. The summed E-state index contributed by atoms with van der Waals surface area (Å²) < 4.78 is 16.0. The van der Waals surface area contributed by atoms with Gasteiger partial charge in [0.1, 0.15) is 17.4 Å². The van der Waals surface area contributed by atoms with Gasteiger partial charge >= 0.3 is 0 Å². The number of benzene rings is 3. The normalized spacial score (nSPS) is 13.3. The van der Waals surface area contributed by atoms with E-state index in [0.717, 1.165) is 31.7 Å². The highest BCUT2D eigenvalue weighted by molar-refractivity contribution is 7.80. The second kappa shape index (κ2) is 12.9. The van der Waals surface area contributed by atoms with Gasteiger partial charge in [0.25, 0.3) is 5.91 Å². The van der Waals surface area contributed by atoms with Crippen LogP contribution in [0.3, 0.4) is 0 Å². The number of nitrogens with one attached hydrogen (secondary N) is 2. The van der Waals surface area contributed by atoms with Gasteiger partial charge in [-0.1, -0.05) is 42.5 Å². The quantitative estimate of drug-likeness (QED) is 0.233. The highest BCUT2D eigenvalue weighted by atomic mass is 32.1. The van der Waals surface area contributed by atoms with Gasteiger partial charge in [0.05, 0.1) is 14.2 Å². The average Bonchev–Trinajstić information content (AvgIpc) is 2.90. The molecule has 7 nitrogen and oxygen atoms in total. The first-order valence-electron chi connectivity index (χ1n) is 11.0. The van der Waals surface area contributed by atoms with E-state index in [1.807, 2.05) is 6.07 Å². The first-order chi connectivity index (χ1) is 16.6. The monoisotopic (exact) mass is 482 g/mol. The zero-order valence-corrected chi connectivity index (χ0v) is 20.2. The van der Waals surface area contributed by atoms with Gasteiger partial charge < -0.3 is 19.5 Å². The lowest BCUT2D eigenvalue weighted by Gasteiger charge is -2.23. The van der Waals surface area contributed by atoms with Gasteiger partial charge in [-0.15, -0.1) is 12.6 Å². The molecule has 0 radical (unpaired) electrons. The zero-order chi connectivity index (χ0) is 24.3. The fraction of sp³-hybridized carbons (Fsp3) is 0.269. The van der Waals surface area contributed by atoms with E-state index in [4.69, 9.17) is 19.4 Å². The number of amides is 1. The minimum absolute atomic E-state index is 0.127. The Hall–Kier alpha value is -3.20. The highest BCUT2D eigenvalue weighted by Crippen LogP contribution is 2.34. The molecule has 180 valence electrons. The molecule has 3 aromatic rings. The second-order valence-corrected chi connectivity index (χ2v) is 8.08. The van der Waals surface area contributed by atoms with Gasteiger partial charge in [-0.3, -0.25) is 10.0 Å². The van der Waals surface area contributed by atoms with E-state index in [9.17, 15) is 4.79 Å². The molecular weight excluding hydrogens is 452 g/mol. The van der Waals surface area contributed by atoms with Gasteiger partial charge in [-0.05, 0) is 61.3 Å². The van der Waals surface area contributed by atoms with E-state index in [2.05, 4.69) is 66.5 Å². The van der Waals surface area contributed by atoms with Gasteiger partial charge in [-0.25, -0.2) is 5.48 Å². The molecule has 0 atom stereocenters. The maximum absolute atomic E-state index is 11.3. The van der Waals surface area contributed by atoms with Crippen LogP contribution in [0.1, 0.15) is 23.2 Å². The summed E-state index contributed by atoms with van der Waals surface area (Å²) in [6.45, 7) is 2.12. The molecule has 1 heterocycles. The molecule has 1 saturated heterocycles. The topological polar surface area (TPSA) is 89.1 Å². The molecule has 1 fully saturated rings. The van der Waals surface area contributed by atoms with Crippen LogP contribution < -0.4 is 25.0 Å². The number of carbonyl (C=O) groups is 1. The minimum Gasteiger partial charge on any atom is -0.493 e. The van der Waals surface area contributed by atoms with Crippen molar-refractivity contribution in [2.75, 3.05) is 27.3 Å². The van der Waals surface area contributed by atoms with Crippen molar-refractivity contribution in [2.45, 2.75) is 23.8 Å². The van der Waals surface area contributed by atoms with E-state index in [0.29, 0.717) is 16.7 Å². The molecule has 0 spiro atoms. The van der Waals surface area contributed by atoms with Crippen LogP contribution in [-0.2, 0) is 0 Å². The van der Waals surface area contributed by atoms with Crippen LogP contribution in [0.15, 0.2) is 71.6 Å². The highest BCUT2D eigenvalue weighted by Gasteiger charge is 2.19. The summed E-state index contributed by atoms with van der Waals surface area (Å²) in [6, 6.07) is 22.0. The van der Waals surface area contributed by atoms with Crippen molar-refractivity contribution in [3.63, 3.8) is 0 Å². The first-order valence-corrected chi connectivity index (χ1v) is 11.4. The first kappa shape index (κ1) is 25.4. The van der Waals surface area contributed by atoms with Crippen LogP contribution in [0.25, 0.3) is 11.1 Å². The molecule has 8 heteroatoms. The number of thiol groups is 1. The molecule has 1 amide bonds. The summed E-state index contributed by atoms with van der Waals surface area (Å²) in [6.07, 6.45) is 2.56. The number of hydrogen-bond donors (Lipinski definition) is 4. The fourth-order valence-electron chi connectivity index (χ4n) is 3.65. The molecular formula is C26H30N2O5S. The molecule has 3 N–H and O–H groups in total. The summed E-state index contributed by atoms with van der Waals surface area (Å²) in [7, 11) is 2.86. The molecule has 0 saturated carbocycles. The van der Waals surface area contributed by atoms with E-state index >= 15 is 0 Å². The fourth-order valence-corrected chi connectivity index (χ4v) is 3.93. The Balaban J connectivity index is 0.000000197. The Morgan fingerprint density at radius 2 is 1.59 bits per heavy atom. The molecule has 34 heavy (non-hydrogen) atoms. The van der Waals surface area contributed by atoms with Gasteiger partial charge in [0, 0.05) is 4.90 Å². The number of hydrogen-bond acceptors (Lipinski definition) is 7. The molecule has 3 aromatic carbocycles. The molecule has 0 bridgehead atoms. The summed E-state index contributed by atoms with van der Waals surface area (Å²) >= 11 is 4.09. The smallest absolute Gasteiger partial charge is 0.279 e. The number of piperidine rings is 1. The van der Waals surface area contributed by atoms with E-state index in [1.165, 1.54) is 30.8 Å². The van der Waals surface area contributed by atoms with Crippen LogP contribution in [-0.4, -0.2) is 44.5 Å². The molecule has 0 aromatic heterocycles. The number of hydroxylamine groups is 1. The SMILES string of the molecule is COc1ccc(S)c(C(=O)NO)c1OC.c1ccc(-c2ccc(OC3CCNCC3)cc2)cc1. The third-order valence-electron chi connectivity index (χ3n) is 5.40. The molecule has 1 aliphatic heterocycles. The lowest BCUT2D eigenvalue weighted by molar-refractivity contribution is 0.0699. The van der Waals surface area contributed by atoms with Crippen molar-refractivity contribution < 1.29 is 24.2 Å².